The fourth-order valence-corrected chi connectivity index (χ4v) is 1.24. The number of Topliss-reactive ketones (excluding diaryl/α,β-unsaturated/α-hetero) is 1. The van der Waals surface area contributed by atoms with Crippen LogP contribution in [-0.4, -0.2) is 16.8 Å². The van der Waals surface area contributed by atoms with E-state index in [9.17, 15) is 14.3 Å². The second-order valence-corrected chi connectivity index (χ2v) is 3.26. The number of alkyl halides is 1. The van der Waals surface area contributed by atoms with Crippen LogP contribution < -0.4 is 0 Å². The summed E-state index contributed by atoms with van der Waals surface area (Å²) >= 11 is 5.42. The molecule has 0 aliphatic heterocycles. The van der Waals surface area contributed by atoms with E-state index in [-0.39, 0.29) is 23.5 Å². The lowest BCUT2D eigenvalue weighted by Gasteiger charge is -2.02. The first kappa shape index (κ1) is 11.0. The number of aromatic hydroxyl groups is 1. The summed E-state index contributed by atoms with van der Waals surface area (Å²) in [4.78, 5) is 11.4. The molecular weight excluding hydrogens is 207 g/mol. The predicted molar refractivity (Wildman–Crippen MR) is 52.3 cm³/mol. The average molecular weight is 217 g/mol. The summed E-state index contributed by atoms with van der Waals surface area (Å²) in [5.41, 5.74) is 0.150. The Kier molecular flexibility index (Phi) is 3.89. The number of phenolic OH excluding ortho intramolecular Hbond substituents is 1. The predicted octanol–water partition coefficient (Wildman–Crippen LogP) is 2.73. The van der Waals surface area contributed by atoms with E-state index in [1.54, 1.807) is 0 Å². The number of carbonyl (C=O) groups excluding carboxylic acids is 1. The highest BCUT2D eigenvalue weighted by molar-refractivity contribution is 6.18. The summed E-state index contributed by atoms with van der Waals surface area (Å²) < 4.78 is 12.6. The first-order valence-corrected chi connectivity index (χ1v) is 4.76. The molecule has 1 rings (SSSR count). The minimum atomic E-state index is -0.559. The number of hydrogen-bond donors (Lipinski definition) is 1. The standard InChI is InChI=1S/C10H10ClFO2/c11-5-1-2-9(13)8-4-3-7(12)6-10(8)14/h3-4,6,14H,1-2,5H2. The van der Waals surface area contributed by atoms with Crippen LogP contribution in [0.15, 0.2) is 18.2 Å². The summed E-state index contributed by atoms with van der Waals surface area (Å²) in [5.74, 6) is -0.697. The normalized spacial score (nSPS) is 10.1. The Labute approximate surface area is 86.3 Å². The Morgan fingerprint density at radius 1 is 1.50 bits per heavy atom. The van der Waals surface area contributed by atoms with E-state index in [4.69, 9.17) is 11.6 Å². The van der Waals surface area contributed by atoms with Crippen LogP contribution in [0.3, 0.4) is 0 Å². The molecular formula is C10H10ClFO2. The van der Waals surface area contributed by atoms with Gasteiger partial charge in [-0.3, -0.25) is 4.79 Å². The number of rotatable bonds is 4. The lowest BCUT2D eigenvalue weighted by molar-refractivity contribution is 0.0979. The number of benzene rings is 1. The molecule has 0 aliphatic rings. The minimum absolute atomic E-state index is 0.150. The van der Waals surface area contributed by atoms with Gasteiger partial charge in [-0.15, -0.1) is 11.6 Å². The smallest absolute Gasteiger partial charge is 0.166 e. The van der Waals surface area contributed by atoms with E-state index < -0.39 is 5.82 Å². The summed E-state index contributed by atoms with van der Waals surface area (Å²) in [5, 5.41) is 9.27. The van der Waals surface area contributed by atoms with Gasteiger partial charge in [0.2, 0.25) is 0 Å². The molecule has 0 fully saturated rings. The van der Waals surface area contributed by atoms with Crippen molar-refractivity contribution in [1.82, 2.24) is 0 Å². The van der Waals surface area contributed by atoms with Crippen molar-refractivity contribution in [2.75, 3.05) is 5.88 Å². The van der Waals surface area contributed by atoms with Gasteiger partial charge < -0.3 is 5.11 Å². The minimum Gasteiger partial charge on any atom is -0.507 e. The van der Waals surface area contributed by atoms with Crippen LogP contribution in [0.4, 0.5) is 4.39 Å². The number of halogens is 2. The second-order valence-electron chi connectivity index (χ2n) is 2.88. The topological polar surface area (TPSA) is 37.3 Å². The zero-order valence-electron chi connectivity index (χ0n) is 7.46. The highest BCUT2D eigenvalue weighted by atomic mass is 35.5. The van der Waals surface area contributed by atoms with Crippen LogP contribution >= 0.6 is 11.6 Å². The second kappa shape index (κ2) is 4.96. The maximum Gasteiger partial charge on any atom is 0.166 e. The van der Waals surface area contributed by atoms with Gasteiger partial charge in [-0.2, -0.15) is 0 Å². The zero-order valence-corrected chi connectivity index (χ0v) is 8.22. The molecule has 0 spiro atoms. The van der Waals surface area contributed by atoms with Crippen LogP contribution in [0.25, 0.3) is 0 Å². The molecule has 0 atom stereocenters. The zero-order chi connectivity index (χ0) is 10.6. The van der Waals surface area contributed by atoms with Gasteiger partial charge in [0, 0.05) is 18.4 Å². The lowest BCUT2D eigenvalue weighted by Crippen LogP contribution is -2.00. The molecule has 2 nitrogen and oxygen atoms in total. The first-order valence-electron chi connectivity index (χ1n) is 4.23. The van der Waals surface area contributed by atoms with Crippen molar-refractivity contribution >= 4 is 17.4 Å². The Balaban J connectivity index is 2.80. The fourth-order valence-electron chi connectivity index (χ4n) is 1.10. The summed E-state index contributed by atoms with van der Waals surface area (Å²) in [6, 6.07) is 3.35. The molecule has 0 amide bonds. The van der Waals surface area contributed by atoms with Crippen molar-refractivity contribution in [2.45, 2.75) is 12.8 Å². The first-order chi connectivity index (χ1) is 6.65. The van der Waals surface area contributed by atoms with Gasteiger partial charge in [-0.05, 0) is 18.6 Å². The largest absolute Gasteiger partial charge is 0.507 e. The van der Waals surface area contributed by atoms with Crippen molar-refractivity contribution in [3.63, 3.8) is 0 Å². The molecule has 0 aliphatic carbocycles. The number of hydrogen-bond acceptors (Lipinski definition) is 2. The molecule has 1 N–H and O–H groups in total. The van der Waals surface area contributed by atoms with E-state index in [2.05, 4.69) is 0 Å². The number of carbonyl (C=O) groups is 1. The Hall–Kier alpha value is -1.09. The van der Waals surface area contributed by atoms with Gasteiger partial charge >= 0.3 is 0 Å². The summed E-state index contributed by atoms with van der Waals surface area (Å²) in [7, 11) is 0. The molecule has 0 bridgehead atoms. The molecule has 14 heavy (non-hydrogen) atoms. The third-order valence-electron chi connectivity index (χ3n) is 1.80. The molecule has 1 aromatic carbocycles. The van der Waals surface area contributed by atoms with E-state index in [0.29, 0.717) is 12.3 Å². The van der Waals surface area contributed by atoms with E-state index in [0.717, 1.165) is 12.1 Å². The summed E-state index contributed by atoms with van der Waals surface area (Å²) in [6.45, 7) is 0. The third-order valence-corrected chi connectivity index (χ3v) is 2.06. The van der Waals surface area contributed by atoms with Gasteiger partial charge in [0.25, 0.3) is 0 Å². The third kappa shape index (κ3) is 2.70. The van der Waals surface area contributed by atoms with Crippen molar-refractivity contribution in [1.29, 1.82) is 0 Å². The monoisotopic (exact) mass is 216 g/mol. The highest BCUT2D eigenvalue weighted by Gasteiger charge is 2.10. The summed E-state index contributed by atoms with van der Waals surface area (Å²) in [6.07, 6.45) is 0.819. The quantitative estimate of drug-likeness (QED) is 0.621. The van der Waals surface area contributed by atoms with Gasteiger partial charge in [-0.1, -0.05) is 0 Å². The average Bonchev–Trinajstić information content (AvgIpc) is 2.14. The van der Waals surface area contributed by atoms with E-state index in [1.165, 1.54) is 6.07 Å². The van der Waals surface area contributed by atoms with Crippen LogP contribution in [0, 0.1) is 5.82 Å². The highest BCUT2D eigenvalue weighted by Crippen LogP contribution is 2.20. The van der Waals surface area contributed by atoms with E-state index in [1.807, 2.05) is 0 Å². The Morgan fingerprint density at radius 2 is 2.21 bits per heavy atom. The van der Waals surface area contributed by atoms with Gasteiger partial charge in [-0.25, -0.2) is 4.39 Å². The molecule has 0 radical (unpaired) electrons. The van der Waals surface area contributed by atoms with Crippen LogP contribution in [-0.2, 0) is 0 Å². The molecule has 1 aromatic rings. The van der Waals surface area contributed by atoms with Crippen molar-refractivity contribution in [3.8, 4) is 5.75 Å². The molecule has 0 unspecified atom stereocenters. The molecule has 0 aromatic heterocycles. The SMILES string of the molecule is O=C(CCCCl)c1ccc(F)cc1O. The lowest BCUT2D eigenvalue weighted by atomic mass is 10.1. The Bertz CT molecular complexity index is 339. The molecule has 0 saturated carbocycles. The number of ketones is 1. The van der Waals surface area contributed by atoms with E-state index >= 15 is 0 Å². The molecule has 0 heterocycles. The van der Waals surface area contributed by atoms with Crippen molar-refractivity contribution < 1.29 is 14.3 Å². The van der Waals surface area contributed by atoms with Crippen molar-refractivity contribution in [3.05, 3.63) is 29.6 Å². The van der Waals surface area contributed by atoms with Crippen LogP contribution in [0.1, 0.15) is 23.2 Å². The maximum absolute atomic E-state index is 12.6. The molecule has 0 saturated heterocycles. The molecule has 4 heteroatoms. The van der Waals surface area contributed by atoms with Crippen LogP contribution in [0.5, 0.6) is 5.75 Å². The van der Waals surface area contributed by atoms with Crippen molar-refractivity contribution in [2.24, 2.45) is 0 Å². The maximum atomic E-state index is 12.6. The Morgan fingerprint density at radius 3 is 2.79 bits per heavy atom. The van der Waals surface area contributed by atoms with Gasteiger partial charge in [0.1, 0.15) is 11.6 Å². The van der Waals surface area contributed by atoms with Crippen LogP contribution in [0.2, 0.25) is 0 Å². The van der Waals surface area contributed by atoms with Gasteiger partial charge in [0.05, 0.1) is 5.56 Å². The fraction of sp³-hybridized carbons (Fsp3) is 0.300. The number of phenols is 1. The van der Waals surface area contributed by atoms with Gasteiger partial charge in [0.15, 0.2) is 5.78 Å². The molecule has 76 valence electrons.